The third-order valence-corrected chi connectivity index (χ3v) is 2.27. The Labute approximate surface area is 78.8 Å². The maximum atomic E-state index is 4.25. The van der Waals surface area contributed by atoms with Crippen LogP contribution in [0.2, 0.25) is 0 Å². The van der Waals surface area contributed by atoms with Crippen LogP contribution in [0.1, 0.15) is 17.2 Å². The van der Waals surface area contributed by atoms with E-state index in [1.165, 1.54) is 11.3 Å². The molecule has 3 heteroatoms. The third kappa shape index (κ3) is 1.59. The van der Waals surface area contributed by atoms with E-state index in [4.69, 9.17) is 0 Å². The van der Waals surface area contributed by atoms with Crippen LogP contribution in [-0.2, 0) is 0 Å². The molecule has 0 atom stereocenters. The van der Waals surface area contributed by atoms with Crippen LogP contribution in [0, 0.1) is 6.92 Å². The summed E-state index contributed by atoms with van der Waals surface area (Å²) in [7, 11) is 0. The van der Waals surface area contributed by atoms with E-state index in [1.807, 2.05) is 12.3 Å². The van der Waals surface area contributed by atoms with E-state index in [-0.39, 0.29) is 12.4 Å². The number of hydrogen-bond donors (Lipinski definition) is 1. The van der Waals surface area contributed by atoms with Gasteiger partial charge in [-0.25, -0.2) is 0 Å². The van der Waals surface area contributed by atoms with Crippen LogP contribution in [0.15, 0.2) is 18.3 Å². The van der Waals surface area contributed by atoms with Gasteiger partial charge in [-0.3, -0.25) is 4.98 Å². The van der Waals surface area contributed by atoms with Crippen molar-refractivity contribution in [2.45, 2.75) is 12.8 Å². The standard InChI is InChI=1S/C9H12N2.ClH/c1-7-9(3-2-4-11-7)8-5-10-6-8;/h2-4,8,10H,5-6H2,1H3;1H. The summed E-state index contributed by atoms with van der Waals surface area (Å²) >= 11 is 0. The van der Waals surface area contributed by atoms with Gasteiger partial charge in [0.2, 0.25) is 0 Å². The molecule has 2 rings (SSSR count). The molecule has 1 saturated heterocycles. The Bertz CT molecular complexity index is 258. The van der Waals surface area contributed by atoms with Crippen LogP contribution in [0.3, 0.4) is 0 Å². The molecule has 12 heavy (non-hydrogen) atoms. The van der Waals surface area contributed by atoms with Crippen LogP contribution in [0.5, 0.6) is 0 Å². The van der Waals surface area contributed by atoms with Gasteiger partial charge in [0, 0.05) is 30.9 Å². The smallest absolute Gasteiger partial charge is 0.0408 e. The van der Waals surface area contributed by atoms with Crippen molar-refractivity contribution < 1.29 is 0 Å². The second-order valence-electron chi connectivity index (χ2n) is 3.03. The minimum atomic E-state index is 0. The van der Waals surface area contributed by atoms with Crippen LogP contribution in [0.4, 0.5) is 0 Å². The molecule has 0 aliphatic carbocycles. The summed E-state index contributed by atoms with van der Waals surface area (Å²) in [5, 5.41) is 3.26. The maximum absolute atomic E-state index is 4.25. The molecule has 0 aromatic carbocycles. The fourth-order valence-electron chi connectivity index (χ4n) is 1.44. The normalized spacial score (nSPS) is 16.4. The molecule has 0 unspecified atom stereocenters. The van der Waals surface area contributed by atoms with E-state index in [0.29, 0.717) is 5.92 Å². The van der Waals surface area contributed by atoms with Crippen molar-refractivity contribution in [2.24, 2.45) is 0 Å². The van der Waals surface area contributed by atoms with Crippen molar-refractivity contribution in [1.82, 2.24) is 10.3 Å². The number of aromatic nitrogens is 1. The Morgan fingerprint density at radius 1 is 1.50 bits per heavy atom. The van der Waals surface area contributed by atoms with Gasteiger partial charge in [-0.1, -0.05) is 6.07 Å². The summed E-state index contributed by atoms with van der Waals surface area (Å²) < 4.78 is 0. The number of halogens is 1. The maximum Gasteiger partial charge on any atom is 0.0408 e. The third-order valence-electron chi connectivity index (χ3n) is 2.27. The van der Waals surface area contributed by atoms with Gasteiger partial charge in [0.05, 0.1) is 0 Å². The lowest BCUT2D eigenvalue weighted by atomic mass is 9.93. The average Bonchev–Trinajstić information content (AvgIpc) is 1.90. The van der Waals surface area contributed by atoms with Crippen molar-refractivity contribution in [1.29, 1.82) is 0 Å². The van der Waals surface area contributed by atoms with Crippen molar-refractivity contribution in [3.05, 3.63) is 29.6 Å². The molecule has 1 aliphatic rings. The number of aryl methyl sites for hydroxylation is 1. The minimum absolute atomic E-state index is 0. The lowest BCUT2D eigenvalue weighted by Gasteiger charge is -2.28. The molecular weight excluding hydrogens is 172 g/mol. The highest BCUT2D eigenvalue weighted by Crippen LogP contribution is 2.20. The van der Waals surface area contributed by atoms with Gasteiger partial charge < -0.3 is 5.32 Å². The van der Waals surface area contributed by atoms with Gasteiger partial charge in [0.25, 0.3) is 0 Å². The lowest BCUT2D eigenvalue weighted by molar-refractivity contribution is 0.445. The highest BCUT2D eigenvalue weighted by atomic mass is 35.5. The first kappa shape index (κ1) is 9.49. The average molecular weight is 185 g/mol. The fourth-order valence-corrected chi connectivity index (χ4v) is 1.44. The first-order valence-electron chi connectivity index (χ1n) is 4.00. The molecule has 1 aliphatic heterocycles. The number of nitrogens with one attached hydrogen (secondary N) is 1. The van der Waals surface area contributed by atoms with E-state index < -0.39 is 0 Å². The molecule has 2 nitrogen and oxygen atoms in total. The predicted octanol–water partition coefficient (Wildman–Crippen LogP) is 1.50. The summed E-state index contributed by atoms with van der Waals surface area (Å²) in [5.41, 5.74) is 2.59. The van der Waals surface area contributed by atoms with Crippen molar-refractivity contribution in [3.8, 4) is 0 Å². The molecule has 1 aromatic rings. The summed E-state index contributed by atoms with van der Waals surface area (Å²) in [6, 6.07) is 4.19. The number of rotatable bonds is 1. The number of pyridine rings is 1. The Morgan fingerprint density at radius 2 is 2.25 bits per heavy atom. The van der Waals surface area contributed by atoms with Crippen LogP contribution >= 0.6 is 12.4 Å². The van der Waals surface area contributed by atoms with Crippen LogP contribution in [-0.4, -0.2) is 18.1 Å². The second-order valence-corrected chi connectivity index (χ2v) is 3.03. The zero-order valence-electron chi connectivity index (χ0n) is 7.08. The molecule has 0 spiro atoms. The SMILES string of the molecule is Cc1ncccc1C1CNC1.Cl. The highest BCUT2D eigenvalue weighted by molar-refractivity contribution is 5.85. The van der Waals surface area contributed by atoms with E-state index in [1.54, 1.807) is 0 Å². The van der Waals surface area contributed by atoms with Gasteiger partial charge >= 0.3 is 0 Å². The van der Waals surface area contributed by atoms with E-state index in [2.05, 4.69) is 23.3 Å². The molecule has 1 N–H and O–H groups in total. The predicted molar refractivity (Wildman–Crippen MR) is 51.8 cm³/mol. The van der Waals surface area contributed by atoms with Crippen molar-refractivity contribution >= 4 is 12.4 Å². The zero-order chi connectivity index (χ0) is 7.68. The highest BCUT2D eigenvalue weighted by Gasteiger charge is 2.20. The number of hydrogen-bond acceptors (Lipinski definition) is 2. The quantitative estimate of drug-likeness (QED) is 0.716. The molecule has 1 aromatic heterocycles. The van der Waals surface area contributed by atoms with Crippen LogP contribution < -0.4 is 5.32 Å². The second kappa shape index (κ2) is 3.87. The first-order chi connectivity index (χ1) is 5.38. The zero-order valence-corrected chi connectivity index (χ0v) is 7.90. The molecule has 0 amide bonds. The van der Waals surface area contributed by atoms with Crippen LogP contribution in [0.25, 0.3) is 0 Å². The van der Waals surface area contributed by atoms with Gasteiger partial charge in [-0.05, 0) is 18.6 Å². The summed E-state index contributed by atoms with van der Waals surface area (Å²) in [4.78, 5) is 4.25. The number of nitrogens with zero attached hydrogens (tertiary/aromatic N) is 1. The molecule has 0 saturated carbocycles. The van der Waals surface area contributed by atoms with Gasteiger partial charge in [-0.2, -0.15) is 0 Å². The minimum Gasteiger partial charge on any atom is -0.315 e. The molecule has 1 fully saturated rings. The van der Waals surface area contributed by atoms with Crippen molar-refractivity contribution in [3.63, 3.8) is 0 Å². The van der Waals surface area contributed by atoms with Gasteiger partial charge in [0.1, 0.15) is 0 Å². The largest absolute Gasteiger partial charge is 0.315 e. The first-order valence-corrected chi connectivity index (χ1v) is 4.00. The lowest BCUT2D eigenvalue weighted by Crippen LogP contribution is -2.40. The van der Waals surface area contributed by atoms with Crippen molar-refractivity contribution in [2.75, 3.05) is 13.1 Å². The van der Waals surface area contributed by atoms with Gasteiger partial charge in [0.15, 0.2) is 0 Å². The summed E-state index contributed by atoms with van der Waals surface area (Å²) in [5.74, 6) is 0.712. The molecule has 0 radical (unpaired) electrons. The van der Waals surface area contributed by atoms with Gasteiger partial charge in [-0.15, -0.1) is 12.4 Å². The molecule has 2 heterocycles. The Kier molecular flexibility index (Phi) is 3.06. The van der Waals surface area contributed by atoms with E-state index >= 15 is 0 Å². The molecule has 66 valence electrons. The topological polar surface area (TPSA) is 24.9 Å². The van der Waals surface area contributed by atoms with E-state index in [9.17, 15) is 0 Å². The Hall–Kier alpha value is -0.600. The molecule has 0 bridgehead atoms. The fraction of sp³-hybridized carbons (Fsp3) is 0.444. The molecular formula is C9H13ClN2. The van der Waals surface area contributed by atoms with E-state index in [0.717, 1.165) is 13.1 Å². The Balaban J connectivity index is 0.000000720. The summed E-state index contributed by atoms with van der Waals surface area (Å²) in [6.07, 6.45) is 1.85. The summed E-state index contributed by atoms with van der Waals surface area (Å²) in [6.45, 7) is 4.31. The monoisotopic (exact) mass is 184 g/mol. The Morgan fingerprint density at radius 3 is 2.75 bits per heavy atom.